The molecule has 20 heavy (non-hydrogen) atoms. The Labute approximate surface area is 118 Å². The van der Waals surface area contributed by atoms with Crippen molar-refractivity contribution in [3.8, 4) is 5.75 Å². The van der Waals surface area contributed by atoms with Gasteiger partial charge in [-0.3, -0.25) is 0 Å². The van der Waals surface area contributed by atoms with Crippen molar-refractivity contribution in [2.75, 3.05) is 6.61 Å². The summed E-state index contributed by atoms with van der Waals surface area (Å²) in [7, 11) is 0. The van der Waals surface area contributed by atoms with Gasteiger partial charge in [0.25, 0.3) is 0 Å². The number of ether oxygens (including phenoxy) is 2. The van der Waals surface area contributed by atoms with Crippen LogP contribution in [0.2, 0.25) is 0 Å². The minimum atomic E-state index is -4.71. The number of carbonyl (C=O) groups is 1. The maximum atomic E-state index is 13.0. The number of hydrogen-bond acceptors (Lipinski definition) is 4. The minimum absolute atomic E-state index is 0.0107. The Bertz CT molecular complexity index is 566. The number of alkyl halides is 3. The fraction of sp³-hybridized carbons (Fsp3) is 0.308. The first-order valence-corrected chi connectivity index (χ1v) is 6.22. The second-order valence-electron chi connectivity index (χ2n) is 4.08. The zero-order chi connectivity index (χ0) is 14.9. The van der Waals surface area contributed by atoms with Gasteiger partial charge in [-0.1, -0.05) is 6.07 Å². The predicted octanol–water partition coefficient (Wildman–Crippen LogP) is 3.25. The first-order chi connectivity index (χ1) is 9.32. The lowest BCUT2D eigenvalue weighted by Crippen LogP contribution is -2.40. The van der Waals surface area contributed by atoms with Crippen LogP contribution in [0.4, 0.5) is 13.2 Å². The van der Waals surface area contributed by atoms with Crippen LogP contribution < -0.4 is 4.74 Å². The maximum absolute atomic E-state index is 13.0. The van der Waals surface area contributed by atoms with Crippen molar-refractivity contribution in [2.45, 2.75) is 24.1 Å². The van der Waals surface area contributed by atoms with E-state index in [0.29, 0.717) is 10.5 Å². The van der Waals surface area contributed by atoms with E-state index < -0.39 is 23.8 Å². The molecule has 1 unspecified atom stereocenters. The standard InChI is InChI=1S/C13H11F3O3S/c1-2-18-12(17)9-5-7-3-4-8(20)6-10(7)19-11(9)13(14,15)16/h3-6,11,20H,2H2,1H3. The first-order valence-electron chi connectivity index (χ1n) is 5.78. The van der Waals surface area contributed by atoms with Crippen LogP contribution in [0, 0.1) is 0 Å². The topological polar surface area (TPSA) is 35.5 Å². The highest BCUT2D eigenvalue weighted by atomic mass is 32.1. The van der Waals surface area contributed by atoms with Crippen LogP contribution in [0.25, 0.3) is 6.08 Å². The van der Waals surface area contributed by atoms with E-state index in [0.717, 1.165) is 6.08 Å². The van der Waals surface area contributed by atoms with Crippen LogP contribution in [0.5, 0.6) is 5.75 Å². The van der Waals surface area contributed by atoms with E-state index in [2.05, 4.69) is 17.4 Å². The van der Waals surface area contributed by atoms with Crippen molar-refractivity contribution in [3.63, 3.8) is 0 Å². The van der Waals surface area contributed by atoms with E-state index >= 15 is 0 Å². The molecule has 7 heteroatoms. The molecule has 108 valence electrons. The molecule has 0 aliphatic carbocycles. The molecule has 0 amide bonds. The zero-order valence-corrected chi connectivity index (χ0v) is 11.3. The molecule has 1 aliphatic rings. The average molecular weight is 304 g/mol. The summed E-state index contributed by atoms with van der Waals surface area (Å²) in [5.74, 6) is -0.997. The lowest BCUT2D eigenvalue weighted by Gasteiger charge is -2.27. The first kappa shape index (κ1) is 14.8. The van der Waals surface area contributed by atoms with Crippen LogP contribution in [0.1, 0.15) is 12.5 Å². The summed E-state index contributed by atoms with van der Waals surface area (Å²) >= 11 is 4.04. The summed E-state index contributed by atoms with van der Waals surface area (Å²) in [5, 5.41) is 0. The average Bonchev–Trinajstić information content (AvgIpc) is 2.36. The zero-order valence-electron chi connectivity index (χ0n) is 10.4. The van der Waals surface area contributed by atoms with Gasteiger partial charge < -0.3 is 9.47 Å². The summed E-state index contributed by atoms with van der Waals surface area (Å²) in [6.07, 6.45) is -5.89. The summed E-state index contributed by atoms with van der Waals surface area (Å²) in [6, 6.07) is 4.50. The van der Waals surface area contributed by atoms with E-state index in [-0.39, 0.29) is 12.4 Å². The van der Waals surface area contributed by atoms with Gasteiger partial charge in [0, 0.05) is 10.5 Å². The highest BCUT2D eigenvalue weighted by Gasteiger charge is 2.48. The third-order valence-electron chi connectivity index (χ3n) is 2.64. The number of benzene rings is 1. The normalized spacial score (nSPS) is 17.9. The molecule has 0 bridgehead atoms. The smallest absolute Gasteiger partial charge is 0.430 e. The fourth-order valence-electron chi connectivity index (χ4n) is 1.80. The molecule has 0 saturated heterocycles. The third-order valence-corrected chi connectivity index (χ3v) is 2.92. The van der Waals surface area contributed by atoms with Crippen molar-refractivity contribution in [3.05, 3.63) is 29.3 Å². The summed E-state index contributed by atoms with van der Waals surface area (Å²) in [4.78, 5) is 12.1. The number of fused-ring (bicyclic) bond motifs is 1. The lowest BCUT2D eigenvalue weighted by atomic mass is 10.0. The molecule has 0 fully saturated rings. The molecule has 1 aromatic rings. The van der Waals surface area contributed by atoms with Gasteiger partial charge in [0.1, 0.15) is 5.75 Å². The predicted molar refractivity (Wildman–Crippen MR) is 68.8 cm³/mol. The molecule has 3 nitrogen and oxygen atoms in total. The van der Waals surface area contributed by atoms with Gasteiger partial charge in [-0.25, -0.2) is 4.79 Å². The Kier molecular flexibility index (Phi) is 3.99. The van der Waals surface area contributed by atoms with E-state index in [1.165, 1.54) is 19.1 Å². The van der Waals surface area contributed by atoms with Crippen molar-refractivity contribution in [1.82, 2.24) is 0 Å². The second kappa shape index (κ2) is 5.40. The van der Waals surface area contributed by atoms with Crippen molar-refractivity contribution in [2.24, 2.45) is 0 Å². The fourth-order valence-corrected chi connectivity index (χ4v) is 1.99. The highest BCUT2D eigenvalue weighted by molar-refractivity contribution is 7.80. The van der Waals surface area contributed by atoms with Crippen LogP contribution in [-0.2, 0) is 9.53 Å². The molecule has 1 atom stereocenters. The van der Waals surface area contributed by atoms with Crippen molar-refractivity contribution in [1.29, 1.82) is 0 Å². The summed E-state index contributed by atoms with van der Waals surface area (Å²) in [5.41, 5.74) is -0.176. The number of halogens is 3. The molecule has 1 aromatic carbocycles. The molecule has 0 N–H and O–H groups in total. The second-order valence-corrected chi connectivity index (χ2v) is 4.60. The highest BCUT2D eigenvalue weighted by Crippen LogP contribution is 2.38. The quantitative estimate of drug-likeness (QED) is 0.673. The van der Waals surface area contributed by atoms with Crippen LogP contribution in [-0.4, -0.2) is 24.9 Å². The Hall–Kier alpha value is -1.63. The Morgan fingerprint density at radius 1 is 1.45 bits per heavy atom. The largest absolute Gasteiger partial charge is 0.475 e. The van der Waals surface area contributed by atoms with Crippen molar-refractivity contribution < 1.29 is 27.4 Å². The van der Waals surface area contributed by atoms with Crippen LogP contribution in [0.15, 0.2) is 28.7 Å². The van der Waals surface area contributed by atoms with Gasteiger partial charge >= 0.3 is 12.1 Å². The van der Waals surface area contributed by atoms with Crippen LogP contribution >= 0.6 is 12.6 Å². The Morgan fingerprint density at radius 2 is 2.15 bits per heavy atom. The Morgan fingerprint density at radius 3 is 2.75 bits per heavy atom. The van der Waals surface area contributed by atoms with Crippen LogP contribution in [0.3, 0.4) is 0 Å². The van der Waals surface area contributed by atoms with E-state index in [4.69, 9.17) is 4.74 Å². The van der Waals surface area contributed by atoms with Gasteiger partial charge in [0.15, 0.2) is 0 Å². The van der Waals surface area contributed by atoms with Gasteiger partial charge in [-0.05, 0) is 25.1 Å². The molecule has 0 saturated carbocycles. The maximum Gasteiger partial charge on any atom is 0.430 e. The molecular formula is C13H11F3O3S. The molecule has 1 aliphatic heterocycles. The molecule has 0 aromatic heterocycles. The van der Waals surface area contributed by atoms with E-state index in [9.17, 15) is 18.0 Å². The van der Waals surface area contributed by atoms with Gasteiger partial charge in [-0.2, -0.15) is 13.2 Å². The molecule has 2 rings (SSSR count). The van der Waals surface area contributed by atoms with Gasteiger partial charge in [-0.15, -0.1) is 12.6 Å². The summed E-state index contributed by atoms with van der Waals surface area (Å²) in [6.45, 7) is 1.51. The number of carbonyl (C=O) groups excluding carboxylic acids is 1. The van der Waals surface area contributed by atoms with E-state index in [1.807, 2.05) is 0 Å². The minimum Gasteiger partial charge on any atom is -0.475 e. The van der Waals surface area contributed by atoms with Gasteiger partial charge in [0.05, 0.1) is 12.2 Å². The molecule has 1 heterocycles. The van der Waals surface area contributed by atoms with Crippen molar-refractivity contribution >= 4 is 24.7 Å². The van der Waals surface area contributed by atoms with E-state index in [1.54, 1.807) is 6.07 Å². The number of rotatable bonds is 2. The molecule has 0 spiro atoms. The van der Waals surface area contributed by atoms with Gasteiger partial charge in [0.2, 0.25) is 6.10 Å². The summed E-state index contributed by atoms with van der Waals surface area (Å²) < 4.78 is 48.5. The monoisotopic (exact) mass is 304 g/mol. The third kappa shape index (κ3) is 2.92. The molecule has 0 radical (unpaired) electrons. The SMILES string of the molecule is CCOC(=O)C1=Cc2ccc(S)cc2OC1C(F)(F)F. The lowest BCUT2D eigenvalue weighted by molar-refractivity contribution is -0.187. The number of thiol groups is 1. The number of hydrogen-bond donors (Lipinski definition) is 1. The molecular weight excluding hydrogens is 293 g/mol. The Balaban J connectivity index is 2.47. The number of esters is 1.